The lowest BCUT2D eigenvalue weighted by Crippen LogP contribution is -2.23. The first-order valence-electron chi connectivity index (χ1n) is 7.37. The maximum absolute atomic E-state index is 12.8. The lowest BCUT2D eigenvalue weighted by atomic mass is 10.2. The van der Waals surface area contributed by atoms with Crippen molar-refractivity contribution < 1.29 is 13.9 Å². The predicted molar refractivity (Wildman–Crippen MR) is 93.2 cm³/mol. The molecule has 1 aromatic carbocycles. The molecular weight excluding hydrogens is 342 g/mol. The van der Waals surface area contributed by atoms with Gasteiger partial charge < -0.3 is 13.9 Å². The standard InChI is InChI=1S/C17H13N3O4S/c1-22-12-6-5-10(8-13(12)23-2)15-18-19-17-20(15)16(21)14(25-17)9-11-4-3-7-24-11/h3-9H,1-2H3/b14-9+. The summed E-state index contributed by atoms with van der Waals surface area (Å²) in [7, 11) is 3.12. The highest BCUT2D eigenvalue weighted by atomic mass is 32.1. The van der Waals surface area contributed by atoms with Gasteiger partial charge in [-0.3, -0.25) is 4.79 Å². The molecule has 7 nitrogen and oxygen atoms in total. The Morgan fingerprint density at radius 2 is 2.00 bits per heavy atom. The Kier molecular flexibility index (Phi) is 3.73. The molecule has 3 aromatic heterocycles. The average molecular weight is 355 g/mol. The number of ether oxygens (including phenoxy) is 2. The zero-order valence-electron chi connectivity index (χ0n) is 13.4. The first kappa shape index (κ1) is 15.4. The lowest BCUT2D eigenvalue weighted by molar-refractivity contribution is 0.355. The summed E-state index contributed by atoms with van der Waals surface area (Å²) in [6.07, 6.45) is 3.26. The van der Waals surface area contributed by atoms with Crippen LogP contribution in [-0.4, -0.2) is 28.8 Å². The van der Waals surface area contributed by atoms with E-state index in [0.717, 1.165) is 0 Å². The Hall–Kier alpha value is -3.13. The van der Waals surface area contributed by atoms with Crippen molar-refractivity contribution in [3.05, 3.63) is 57.2 Å². The minimum atomic E-state index is -0.189. The fourth-order valence-corrected chi connectivity index (χ4v) is 3.42. The van der Waals surface area contributed by atoms with Crippen LogP contribution in [0.2, 0.25) is 0 Å². The van der Waals surface area contributed by atoms with Crippen molar-refractivity contribution in [3.63, 3.8) is 0 Å². The van der Waals surface area contributed by atoms with Crippen LogP contribution < -0.4 is 19.6 Å². The molecule has 4 aromatic rings. The van der Waals surface area contributed by atoms with E-state index in [-0.39, 0.29) is 5.56 Å². The fraction of sp³-hybridized carbons (Fsp3) is 0.118. The Morgan fingerprint density at radius 3 is 2.72 bits per heavy atom. The molecule has 8 heteroatoms. The zero-order valence-corrected chi connectivity index (χ0v) is 14.2. The van der Waals surface area contributed by atoms with Crippen LogP contribution in [0.5, 0.6) is 11.5 Å². The summed E-state index contributed by atoms with van der Waals surface area (Å²) >= 11 is 1.26. The first-order chi connectivity index (χ1) is 12.2. The van der Waals surface area contributed by atoms with E-state index in [9.17, 15) is 4.79 Å². The number of hydrogen-bond acceptors (Lipinski definition) is 7. The second kappa shape index (κ2) is 6.06. The molecular formula is C17H13N3O4S. The highest BCUT2D eigenvalue weighted by Crippen LogP contribution is 2.31. The van der Waals surface area contributed by atoms with Crippen LogP contribution in [0.4, 0.5) is 0 Å². The summed E-state index contributed by atoms with van der Waals surface area (Å²) in [5, 5.41) is 8.26. The number of aromatic nitrogens is 3. The van der Waals surface area contributed by atoms with Crippen LogP contribution >= 0.6 is 11.3 Å². The van der Waals surface area contributed by atoms with Gasteiger partial charge in [-0.25, -0.2) is 4.40 Å². The quantitative estimate of drug-likeness (QED) is 0.557. The third-order valence-corrected chi connectivity index (χ3v) is 4.67. The number of methoxy groups -OCH3 is 2. The molecule has 0 radical (unpaired) electrons. The predicted octanol–water partition coefficient (Wildman–Crippen LogP) is 1.98. The molecule has 126 valence electrons. The van der Waals surface area contributed by atoms with Crippen LogP contribution in [0.25, 0.3) is 22.4 Å². The van der Waals surface area contributed by atoms with Crippen molar-refractivity contribution in [2.75, 3.05) is 14.2 Å². The van der Waals surface area contributed by atoms with Gasteiger partial charge in [-0.2, -0.15) is 0 Å². The molecule has 0 atom stereocenters. The number of nitrogens with zero attached hydrogens (tertiary/aromatic N) is 3. The second-order valence-electron chi connectivity index (χ2n) is 5.14. The van der Waals surface area contributed by atoms with Crippen molar-refractivity contribution in [2.24, 2.45) is 0 Å². The zero-order chi connectivity index (χ0) is 17.4. The van der Waals surface area contributed by atoms with Crippen molar-refractivity contribution in [3.8, 4) is 22.9 Å². The van der Waals surface area contributed by atoms with Crippen molar-refractivity contribution in [1.29, 1.82) is 0 Å². The molecule has 25 heavy (non-hydrogen) atoms. The molecule has 0 N–H and O–H groups in total. The third kappa shape index (κ3) is 2.56. The van der Waals surface area contributed by atoms with Gasteiger partial charge in [0.2, 0.25) is 4.96 Å². The van der Waals surface area contributed by atoms with Gasteiger partial charge >= 0.3 is 0 Å². The molecule has 0 fully saturated rings. The normalized spacial score (nSPS) is 12.0. The van der Waals surface area contributed by atoms with E-state index >= 15 is 0 Å². The maximum atomic E-state index is 12.8. The number of thiazole rings is 1. The lowest BCUT2D eigenvalue weighted by Gasteiger charge is -2.08. The van der Waals surface area contributed by atoms with Crippen molar-refractivity contribution >= 4 is 22.4 Å². The van der Waals surface area contributed by atoms with E-state index in [2.05, 4.69) is 10.2 Å². The van der Waals surface area contributed by atoms with E-state index in [4.69, 9.17) is 13.9 Å². The van der Waals surface area contributed by atoms with Gasteiger partial charge in [-0.05, 0) is 30.3 Å². The Bertz CT molecular complexity index is 1140. The molecule has 0 amide bonds. The van der Waals surface area contributed by atoms with E-state index < -0.39 is 0 Å². The maximum Gasteiger partial charge on any atom is 0.276 e. The molecule has 3 heterocycles. The summed E-state index contributed by atoms with van der Waals surface area (Å²) in [5.41, 5.74) is 0.524. The molecule has 0 unspecified atom stereocenters. The van der Waals surface area contributed by atoms with Crippen molar-refractivity contribution in [2.45, 2.75) is 0 Å². The van der Waals surface area contributed by atoms with Crippen LogP contribution in [0.3, 0.4) is 0 Å². The van der Waals surface area contributed by atoms with Crippen LogP contribution in [0.15, 0.2) is 45.8 Å². The molecule has 0 saturated heterocycles. The summed E-state index contributed by atoms with van der Waals surface area (Å²) in [6, 6.07) is 8.90. The highest BCUT2D eigenvalue weighted by molar-refractivity contribution is 7.15. The van der Waals surface area contributed by atoms with Gasteiger partial charge in [-0.1, -0.05) is 11.3 Å². The van der Waals surface area contributed by atoms with E-state index in [1.54, 1.807) is 50.8 Å². The highest BCUT2D eigenvalue weighted by Gasteiger charge is 2.16. The third-order valence-electron chi connectivity index (χ3n) is 3.71. The SMILES string of the molecule is COc1ccc(-c2nnc3s/c(=C/c4ccco4)c(=O)n23)cc1OC. The van der Waals surface area contributed by atoms with E-state index in [0.29, 0.717) is 38.1 Å². The number of benzene rings is 1. The molecule has 0 spiro atoms. The van der Waals surface area contributed by atoms with Crippen molar-refractivity contribution in [1.82, 2.24) is 14.6 Å². The smallest absolute Gasteiger partial charge is 0.276 e. The van der Waals surface area contributed by atoms with Gasteiger partial charge in [0.15, 0.2) is 17.3 Å². The Balaban J connectivity index is 1.90. The molecule has 0 aliphatic carbocycles. The second-order valence-corrected chi connectivity index (χ2v) is 6.15. The molecule has 0 aliphatic rings. The molecule has 0 aliphatic heterocycles. The number of hydrogen-bond donors (Lipinski definition) is 0. The molecule has 0 bridgehead atoms. The Labute approximate surface area is 145 Å². The van der Waals surface area contributed by atoms with Crippen LogP contribution in [0, 0.1) is 0 Å². The summed E-state index contributed by atoms with van der Waals surface area (Å²) in [5.74, 6) is 2.23. The monoisotopic (exact) mass is 355 g/mol. The summed E-state index contributed by atoms with van der Waals surface area (Å²) < 4.78 is 17.8. The minimum Gasteiger partial charge on any atom is -0.493 e. The average Bonchev–Trinajstić information content (AvgIpc) is 3.35. The number of fused-ring (bicyclic) bond motifs is 1. The van der Waals surface area contributed by atoms with E-state index in [1.165, 1.54) is 15.7 Å². The first-order valence-corrected chi connectivity index (χ1v) is 8.18. The Morgan fingerprint density at radius 1 is 1.16 bits per heavy atom. The summed E-state index contributed by atoms with van der Waals surface area (Å²) in [4.78, 5) is 13.3. The topological polar surface area (TPSA) is 78.9 Å². The van der Waals surface area contributed by atoms with Crippen LogP contribution in [-0.2, 0) is 0 Å². The van der Waals surface area contributed by atoms with Gasteiger partial charge in [0.1, 0.15) is 10.3 Å². The van der Waals surface area contributed by atoms with Gasteiger partial charge in [0.25, 0.3) is 5.56 Å². The minimum absolute atomic E-state index is 0.189. The summed E-state index contributed by atoms with van der Waals surface area (Å²) in [6.45, 7) is 0. The number of rotatable bonds is 4. The van der Waals surface area contributed by atoms with Gasteiger partial charge in [0, 0.05) is 11.6 Å². The van der Waals surface area contributed by atoms with Gasteiger partial charge in [0.05, 0.1) is 20.5 Å². The fourth-order valence-electron chi connectivity index (χ4n) is 2.53. The van der Waals surface area contributed by atoms with E-state index in [1.807, 2.05) is 6.07 Å². The van der Waals surface area contributed by atoms with Gasteiger partial charge in [-0.15, -0.1) is 10.2 Å². The number of furan rings is 1. The van der Waals surface area contributed by atoms with Crippen LogP contribution in [0.1, 0.15) is 5.76 Å². The molecule has 4 rings (SSSR count). The molecule has 0 saturated carbocycles. The largest absolute Gasteiger partial charge is 0.493 e.